The van der Waals surface area contributed by atoms with Crippen molar-refractivity contribution in [1.29, 1.82) is 0 Å². The van der Waals surface area contributed by atoms with Crippen molar-refractivity contribution in [2.24, 2.45) is 0 Å². The third kappa shape index (κ3) is 7.76. The standard InChI is InChI=1S/C24H22ClN3O3S/c1-16(29)26-19-9-11-20(12-10-19)27-24(31)15-32-22-4-2-3-21(14-22)28-23(30)13-17-5-7-18(25)8-6-17/h2-12,14H,13,15H2,1H3,(H,26,29)(H,27,31)(H,28,30). The van der Waals surface area contributed by atoms with Crippen LogP contribution < -0.4 is 16.0 Å². The number of halogens is 1. The van der Waals surface area contributed by atoms with Gasteiger partial charge in [0, 0.05) is 33.9 Å². The first-order valence-corrected chi connectivity index (χ1v) is 11.2. The molecule has 0 bridgehead atoms. The minimum Gasteiger partial charge on any atom is -0.326 e. The maximum absolute atomic E-state index is 12.3. The Morgan fingerprint density at radius 1 is 0.781 bits per heavy atom. The molecule has 3 aromatic carbocycles. The molecule has 0 heterocycles. The maximum Gasteiger partial charge on any atom is 0.234 e. The number of amides is 3. The van der Waals surface area contributed by atoms with Crippen molar-refractivity contribution in [3.8, 4) is 0 Å². The topological polar surface area (TPSA) is 87.3 Å². The Kier molecular flexibility index (Phi) is 8.30. The second-order valence-corrected chi connectivity index (χ2v) is 8.46. The molecule has 3 aromatic rings. The van der Waals surface area contributed by atoms with E-state index in [2.05, 4.69) is 16.0 Å². The van der Waals surface area contributed by atoms with Crippen LogP contribution >= 0.6 is 23.4 Å². The van der Waals surface area contributed by atoms with E-state index in [1.54, 1.807) is 42.5 Å². The highest BCUT2D eigenvalue weighted by Crippen LogP contribution is 2.22. The van der Waals surface area contributed by atoms with Gasteiger partial charge in [0.05, 0.1) is 12.2 Å². The van der Waals surface area contributed by atoms with Crippen molar-refractivity contribution in [2.75, 3.05) is 21.7 Å². The first kappa shape index (κ1) is 23.4. The fourth-order valence-corrected chi connectivity index (χ4v) is 3.72. The third-order valence-corrected chi connectivity index (χ3v) is 5.50. The van der Waals surface area contributed by atoms with E-state index in [4.69, 9.17) is 11.6 Å². The summed E-state index contributed by atoms with van der Waals surface area (Å²) in [5.74, 6) is -0.216. The van der Waals surface area contributed by atoms with Crippen molar-refractivity contribution < 1.29 is 14.4 Å². The normalized spacial score (nSPS) is 10.3. The van der Waals surface area contributed by atoms with Crippen LogP contribution in [0.4, 0.5) is 17.1 Å². The number of carbonyl (C=O) groups is 3. The molecule has 0 atom stereocenters. The Bertz CT molecular complexity index is 1100. The molecule has 0 radical (unpaired) electrons. The third-order valence-electron chi connectivity index (χ3n) is 4.25. The van der Waals surface area contributed by atoms with E-state index in [9.17, 15) is 14.4 Å². The first-order chi connectivity index (χ1) is 15.4. The lowest BCUT2D eigenvalue weighted by molar-refractivity contribution is -0.116. The number of nitrogens with one attached hydrogen (secondary N) is 3. The highest BCUT2D eigenvalue weighted by Gasteiger charge is 2.07. The van der Waals surface area contributed by atoms with E-state index < -0.39 is 0 Å². The molecule has 164 valence electrons. The van der Waals surface area contributed by atoms with Crippen LogP contribution in [0.5, 0.6) is 0 Å². The SMILES string of the molecule is CC(=O)Nc1ccc(NC(=O)CSc2cccc(NC(=O)Cc3ccc(Cl)cc3)c2)cc1. The number of carbonyl (C=O) groups excluding carboxylic acids is 3. The fraction of sp³-hybridized carbons (Fsp3) is 0.125. The van der Waals surface area contributed by atoms with Gasteiger partial charge >= 0.3 is 0 Å². The van der Waals surface area contributed by atoms with Crippen molar-refractivity contribution in [3.63, 3.8) is 0 Å². The molecule has 0 aromatic heterocycles. The van der Waals surface area contributed by atoms with Crippen molar-refractivity contribution >= 4 is 58.1 Å². The van der Waals surface area contributed by atoms with Crippen molar-refractivity contribution in [1.82, 2.24) is 0 Å². The summed E-state index contributed by atoms with van der Waals surface area (Å²) < 4.78 is 0. The van der Waals surface area contributed by atoms with Crippen LogP contribution in [0.2, 0.25) is 5.02 Å². The summed E-state index contributed by atoms with van der Waals surface area (Å²) in [5.41, 5.74) is 2.86. The van der Waals surface area contributed by atoms with Gasteiger partial charge < -0.3 is 16.0 Å². The first-order valence-electron chi connectivity index (χ1n) is 9.82. The predicted octanol–water partition coefficient (Wildman–Crippen LogP) is 5.21. The molecule has 8 heteroatoms. The summed E-state index contributed by atoms with van der Waals surface area (Å²) in [5, 5.41) is 9.00. The van der Waals surface area contributed by atoms with Gasteiger partial charge in [-0.2, -0.15) is 0 Å². The van der Waals surface area contributed by atoms with E-state index in [1.807, 2.05) is 30.3 Å². The molecule has 0 spiro atoms. The fourth-order valence-electron chi connectivity index (χ4n) is 2.84. The van der Waals surface area contributed by atoms with Crippen LogP contribution in [-0.2, 0) is 20.8 Å². The Morgan fingerprint density at radius 3 is 2.06 bits per heavy atom. The minimum atomic E-state index is -0.153. The van der Waals surface area contributed by atoms with E-state index in [0.29, 0.717) is 22.1 Å². The van der Waals surface area contributed by atoms with Crippen LogP contribution in [0.3, 0.4) is 0 Å². The van der Waals surface area contributed by atoms with Crippen LogP contribution in [-0.4, -0.2) is 23.5 Å². The smallest absolute Gasteiger partial charge is 0.234 e. The molecule has 0 fully saturated rings. The average Bonchev–Trinajstić information content (AvgIpc) is 2.75. The zero-order chi connectivity index (χ0) is 22.9. The molecular weight excluding hydrogens is 446 g/mol. The van der Waals surface area contributed by atoms with Crippen molar-refractivity contribution in [2.45, 2.75) is 18.2 Å². The molecule has 0 unspecified atom stereocenters. The quantitative estimate of drug-likeness (QED) is 0.397. The molecule has 0 aliphatic rings. The number of hydrogen-bond donors (Lipinski definition) is 3. The van der Waals surface area contributed by atoms with Gasteiger partial charge in [-0.1, -0.05) is 29.8 Å². The van der Waals surface area contributed by atoms with Gasteiger partial charge in [-0.25, -0.2) is 0 Å². The van der Waals surface area contributed by atoms with Crippen LogP contribution in [0.25, 0.3) is 0 Å². The van der Waals surface area contributed by atoms with E-state index in [-0.39, 0.29) is 29.9 Å². The molecule has 6 nitrogen and oxygen atoms in total. The number of benzene rings is 3. The highest BCUT2D eigenvalue weighted by atomic mass is 35.5. The summed E-state index contributed by atoms with van der Waals surface area (Å²) >= 11 is 7.24. The Balaban J connectivity index is 1.48. The zero-order valence-corrected chi connectivity index (χ0v) is 18.9. The number of hydrogen-bond acceptors (Lipinski definition) is 4. The lowest BCUT2D eigenvalue weighted by atomic mass is 10.1. The van der Waals surface area contributed by atoms with Gasteiger partial charge in [0.25, 0.3) is 0 Å². The van der Waals surface area contributed by atoms with E-state index in [0.717, 1.165) is 10.5 Å². The van der Waals surface area contributed by atoms with Crippen LogP contribution in [0, 0.1) is 0 Å². The van der Waals surface area contributed by atoms with Gasteiger partial charge in [0.1, 0.15) is 0 Å². The number of anilines is 3. The van der Waals surface area contributed by atoms with E-state index in [1.165, 1.54) is 18.7 Å². The number of thioether (sulfide) groups is 1. The Morgan fingerprint density at radius 2 is 1.41 bits per heavy atom. The van der Waals surface area contributed by atoms with Crippen LogP contribution in [0.15, 0.2) is 77.7 Å². The lowest BCUT2D eigenvalue weighted by Gasteiger charge is -2.09. The largest absolute Gasteiger partial charge is 0.326 e. The Labute approximate surface area is 195 Å². The van der Waals surface area contributed by atoms with Gasteiger partial charge in [-0.15, -0.1) is 11.8 Å². The lowest BCUT2D eigenvalue weighted by Crippen LogP contribution is -2.15. The summed E-state index contributed by atoms with van der Waals surface area (Å²) in [4.78, 5) is 36.5. The summed E-state index contributed by atoms with van der Waals surface area (Å²) in [6.07, 6.45) is 0.248. The maximum atomic E-state index is 12.3. The summed E-state index contributed by atoms with van der Waals surface area (Å²) in [6.45, 7) is 1.44. The summed E-state index contributed by atoms with van der Waals surface area (Å²) in [6, 6.07) is 21.4. The zero-order valence-electron chi connectivity index (χ0n) is 17.4. The highest BCUT2D eigenvalue weighted by molar-refractivity contribution is 8.00. The molecule has 0 aliphatic heterocycles. The second kappa shape index (κ2) is 11.4. The molecule has 0 aliphatic carbocycles. The predicted molar refractivity (Wildman–Crippen MR) is 130 cm³/mol. The van der Waals surface area contributed by atoms with Gasteiger partial charge in [0.15, 0.2) is 0 Å². The average molecular weight is 468 g/mol. The van der Waals surface area contributed by atoms with Gasteiger partial charge in [0.2, 0.25) is 17.7 Å². The molecule has 0 saturated heterocycles. The Hall–Kier alpha value is -3.29. The number of rotatable bonds is 8. The molecule has 0 saturated carbocycles. The van der Waals surface area contributed by atoms with Crippen molar-refractivity contribution in [3.05, 3.63) is 83.4 Å². The van der Waals surface area contributed by atoms with E-state index >= 15 is 0 Å². The van der Waals surface area contributed by atoms with Gasteiger partial charge in [-0.05, 0) is 60.2 Å². The monoisotopic (exact) mass is 467 g/mol. The summed E-state index contributed by atoms with van der Waals surface area (Å²) in [7, 11) is 0. The molecule has 3 rings (SSSR count). The molecular formula is C24H22ClN3O3S. The van der Waals surface area contributed by atoms with Crippen LogP contribution in [0.1, 0.15) is 12.5 Å². The molecule has 3 amide bonds. The molecule has 32 heavy (non-hydrogen) atoms. The minimum absolute atomic E-state index is 0.130. The van der Waals surface area contributed by atoms with Gasteiger partial charge in [-0.3, -0.25) is 14.4 Å². The molecule has 3 N–H and O–H groups in total. The second-order valence-electron chi connectivity index (χ2n) is 6.97.